The fourth-order valence-corrected chi connectivity index (χ4v) is 2.85. The highest BCUT2D eigenvalue weighted by Gasteiger charge is 2.31. The zero-order valence-electron chi connectivity index (χ0n) is 12.8. The van der Waals surface area contributed by atoms with Crippen LogP contribution < -0.4 is 5.32 Å². The molecule has 1 N–H and O–H groups in total. The van der Waals surface area contributed by atoms with Crippen molar-refractivity contribution in [3.05, 3.63) is 0 Å². The maximum Gasteiger partial charge on any atom is 0.239 e. The molecule has 2 amide bonds. The molecule has 0 saturated carbocycles. The van der Waals surface area contributed by atoms with Gasteiger partial charge in [0.15, 0.2) is 0 Å². The normalized spacial score (nSPS) is 25.2. The van der Waals surface area contributed by atoms with E-state index in [4.69, 9.17) is 0 Å². The Kier molecular flexibility index (Phi) is 4.99. The molecule has 0 aromatic rings. The van der Waals surface area contributed by atoms with Gasteiger partial charge in [0.25, 0.3) is 0 Å². The van der Waals surface area contributed by atoms with E-state index in [-0.39, 0.29) is 17.9 Å². The van der Waals surface area contributed by atoms with Crippen molar-refractivity contribution < 1.29 is 9.59 Å². The van der Waals surface area contributed by atoms with Crippen LogP contribution in [-0.2, 0) is 9.59 Å². The van der Waals surface area contributed by atoms with E-state index in [1.165, 1.54) is 0 Å². The lowest BCUT2D eigenvalue weighted by Crippen LogP contribution is -2.49. The Bertz CT molecular complexity index is 364. The summed E-state index contributed by atoms with van der Waals surface area (Å²) in [5, 5.41) is 3.48. The van der Waals surface area contributed by atoms with E-state index in [9.17, 15) is 9.59 Å². The lowest BCUT2D eigenvalue weighted by molar-refractivity contribution is -0.130. The second-order valence-electron chi connectivity index (χ2n) is 6.11. The summed E-state index contributed by atoms with van der Waals surface area (Å²) in [4.78, 5) is 29.2. The summed E-state index contributed by atoms with van der Waals surface area (Å²) in [6, 6.07) is 0.404. The molecule has 2 saturated heterocycles. The third-order valence-electron chi connectivity index (χ3n) is 4.31. The topological polar surface area (TPSA) is 55.9 Å². The van der Waals surface area contributed by atoms with Gasteiger partial charge in [0.05, 0.1) is 12.6 Å². The molecule has 2 aliphatic heterocycles. The van der Waals surface area contributed by atoms with Crippen LogP contribution in [0.4, 0.5) is 0 Å². The number of rotatable bonds is 4. The molecular formula is C14H26N4O2. The van der Waals surface area contributed by atoms with Gasteiger partial charge in [-0.3, -0.25) is 14.5 Å². The number of hydrogen-bond donors (Lipinski definition) is 1. The van der Waals surface area contributed by atoms with Gasteiger partial charge in [-0.25, -0.2) is 0 Å². The Hall–Kier alpha value is -1.14. The predicted molar refractivity (Wildman–Crippen MR) is 77.3 cm³/mol. The molecule has 0 aliphatic carbocycles. The minimum absolute atomic E-state index is 0.0000397. The van der Waals surface area contributed by atoms with Crippen LogP contribution in [0.3, 0.4) is 0 Å². The van der Waals surface area contributed by atoms with Gasteiger partial charge in [0.2, 0.25) is 11.8 Å². The summed E-state index contributed by atoms with van der Waals surface area (Å²) >= 11 is 0. The summed E-state index contributed by atoms with van der Waals surface area (Å²) < 4.78 is 0. The van der Waals surface area contributed by atoms with Crippen molar-refractivity contribution in [2.45, 2.75) is 31.3 Å². The maximum atomic E-state index is 11.9. The van der Waals surface area contributed by atoms with E-state index < -0.39 is 0 Å². The van der Waals surface area contributed by atoms with Gasteiger partial charge in [0, 0.05) is 46.8 Å². The molecule has 0 radical (unpaired) electrons. The van der Waals surface area contributed by atoms with Gasteiger partial charge in [-0.05, 0) is 19.3 Å². The maximum absolute atomic E-state index is 11.9. The van der Waals surface area contributed by atoms with Crippen LogP contribution in [0.25, 0.3) is 0 Å². The van der Waals surface area contributed by atoms with E-state index in [1.54, 1.807) is 23.9 Å². The number of piperidine rings is 1. The fourth-order valence-electron chi connectivity index (χ4n) is 2.85. The number of carbonyl (C=O) groups is 2. The zero-order chi connectivity index (χ0) is 14.7. The van der Waals surface area contributed by atoms with Crippen LogP contribution in [-0.4, -0.2) is 85.9 Å². The Morgan fingerprint density at radius 3 is 2.40 bits per heavy atom. The molecule has 6 heteroatoms. The number of nitrogens with one attached hydrogen (secondary N) is 1. The van der Waals surface area contributed by atoms with Gasteiger partial charge in [-0.2, -0.15) is 0 Å². The molecule has 6 nitrogen and oxygen atoms in total. The molecule has 0 spiro atoms. The number of likely N-dealkylation sites (tertiary alicyclic amines) is 2. The van der Waals surface area contributed by atoms with Gasteiger partial charge in [-0.1, -0.05) is 0 Å². The van der Waals surface area contributed by atoms with Crippen molar-refractivity contribution in [2.24, 2.45) is 0 Å². The molecule has 0 bridgehead atoms. The van der Waals surface area contributed by atoms with Crippen LogP contribution in [0, 0.1) is 0 Å². The number of amides is 2. The average Bonchev–Trinajstić information content (AvgIpc) is 2.73. The van der Waals surface area contributed by atoms with Crippen molar-refractivity contribution in [3.63, 3.8) is 0 Å². The average molecular weight is 282 g/mol. The number of nitrogens with zero attached hydrogens (tertiary/aromatic N) is 3. The van der Waals surface area contributed by atoms with E-state index in [2.05, 4.69) is 10.2 Å². The van der Waals surface area contributed by atoms with Gasteiger partial charge >= 0.3 is 0 Å². The summed E-state index contributed by atoms with van der Waals surface area (Å²) in [5.74, 6) is 0.374. The minimum Gasteiger partial charge on any atom is -0.348 e. The largest absolute Gasteiger partial charge is 0.348 e. The SMILES string of the molecule is CN(C)C(=O)CN1CCC(NC2CCN(C)C2=O)CC1. The first-order valence-corrected chi connectivity index (χ1v) is 7.41. The lowest BCUT2D eigenvalue weighted by atomic mass is 10.0. The first kappa shape index (κ1) is 15.3. The van der Waals surface area contributed by atoms with Gasteiger partial charge < -0.3 is 15.1 Å². The van der Waals surface area contributed by atoms with Crippen LogP contribution in [0.15, 0.2) is 0 Å². The highest BCUT2D eigenvalue weighted by Crippen LogP contribution is 2.15. The number of carbonyl (C=O) groups excluding carboxylic acids is 2. The zero-order valence-corrected chi connectivity index (χ0v) is 12.8. The van der Waals surface area contributed by atoms with Gasteiger partial charge in [-0.15, -0.1) is 0 Å². The van der Waals surface area contributed by atoms with Gasteiger partial charge in [0.1, 0.15) is 0 Å². The van der Waals surface area contributed by atoms with E-state index in [1.807, 2.05) is 7.05 Å². The van der Waals surface area contributed by atoms with E-state index in [0.29, 0.717) is 12.6 Å². The lowest BCUT2D eigenvalue weighted by Gasteiger charge is -2.33. The van der Waals surface area contributed by atoms with Crippen LogP contribution >= 0.6 is 0 Å². The summed E-state index contributed by atoms with van der Waals surface area (Å²) in [7, 11) is 5.44. The predicted octanol–water partition coefficient (Wildman–Crippen LogP) is -0.641. The van der Waals surface area contributed by atoms with E-state index >= 15 is 0 Å². The quantitative estimate of drug-likeness (QED) is 0.745. The first-order chi connectivity index (χ1) is 9.47. The molecule has 1 atom stereocenters. The molecule has 1 unspecified atom stereocenters. The van der Waals surface area contributed by atoms with Crippen molar-refractivity contribution in [3.8, 4) is 0 Å². The van der Waals surface area contributed by atoms with Crippen molar-refractivity contribution in [2.75, 3.05) is 47.3 Å². The molecule has 2 heterocycles. The summed E-state index contributed by atoms with van der Waals surface area (Å²) in [5.41, 5.74) is 0. The first-order valence-electron chi connectivity index (χ1n) is 7.41. The van der Waals surface area contributed by atoms with Crippen LogP contribution in [0.1, 0.15) is 19.3 Å². The van der Waals surface area contributed by atoms with Crippen molar-refractivity contribution >= 4 is 11.8 Å². The summed E-state index contributed by atoms with van der Waals surface area (Å²) in [6.07, 6.45) is 2.93. The molecule has 2 aliphatic rings. The Labute approximate surface area is 121 Å². The van der Waals surface area contributed by atoms with Crippen LogP contribution in [0.5, 0.6) is 0 Å². The van der Waals surface area contributed by atoms with Crippen molar-refractivity contribution in [1.29, 1.82) is 0 Å². The molecule has 114 valence electrons. The monoisotopic (exact) mass is 282 g/mol. The molecule has 2 rings (SSSR count). The third-order valence-corrected chi connectivity index (χ3v) is 4.31. The second kappa shape index (κ2) is 6.54. The Morgan fingerprint density at radius 2 is 1.90 bits per heavy atom. The Morgan fingerprint density at radius 1 is 1.25 bits per heavy atom. The van der Waals surface area contributed by atoms with E-state index in [0.717, 1.165) is 38.9 Å². The fraction of sp³-hybridized carbons (Fsp3) is 0.857. The second-order valence-corrected chi connectivity index (χ2v) is 6.11. The molecule has 0 aromatic heterocycles. The highest BCUT2D eigenvalue weighted by atomic mass is 16.2. The molecule has 2 fully saturated rings. The van der Waals surface area contributed by atoms with Crippen LogP contribution in [0.2, 0.25) is 0 Å². The minimum atomic E-state index is -0.0000397. The summed E-state index contributed by atoms with van der Waals surface area (Å²) in [6.45, 7) is 3.21. The standard InChI is InChI=1S/C14H26N4O2/c1-16(2)13(19)10-18-8-4-11(5-9-18)15-12-6-7-17(3)14(12)20/h11-12,15H,4-10H2,1-3H3. The highest BCUT2D eigenvalue weighted by molar-refractivity contribution is 5.83. The number of hydrogen-bond acceptors (Lipinski definition) is 4. The Balaban J connectivity index is 1.72. The number of likely N-dealkylation sites (N-methyl/N-ethyl adjacent to an activating group) is 2. The smallest absolute Gasteiger partial charge is 0.239 e. The van der Waals surface area contributed by atoms with Crippen molar-refractivity contribution in [1.82, 2.24) is 20.0 Å². The molecular weight excluding hydrogens is 256 g/mol. The molecule has 20 heavy (non-hydrogen) atoms. The molecule has 0 aromatic carbocycles. The third kappa shape index (κ3) is 3.70.